The molecule has 5 nitrogen and oxygen atoms in total. The lowest BCUT2D eigenvalue weighted by Gasteiger charge is -2.13. The zero-order chi connectivity index (χ0) is 21.9. The van der Waals surface area contributed by atoms with Crippen LogP contribution in [0.15, 0.2) is 65.7 Å². The molecule has 0 unspecified atom stereocenters. The molecule has 0 saturated carbocycles. The Morgan fingerprint density at radius 3 is 2.40 bits per heavy atom. The summed E-state index contributed by atoms with van der Waals surface area (Å²) < 4.78 is 31.6. The number of benzene rings is 2. The van der Waals surface area contributed by atoms with Crippen LogP contribution >= 0.6 is 11.6 Å². The van der Waals surface area contributed by atoms with Crippen molar-refractivity contribution >= 4 is 27.2 Å². The second-order valence-corrected chi connectivity index (χ2v) is 9.59. The second-order valence-electron chi connectivity index (χ2n) is 7.16. The number of pyridine rings is 1. The highest BCUT2D eigenvalue weighted by Gasteiger charge is 2.22. The number of carbonyl (C=O) groups is 1. The van der Waals surface area contributed by atoms with Gasteiger partial charge in [0.1, 0.15) is 5.75 Å². The molecule has 0 spiro atoms. The minimum absolute atomic E-state index is 0.00831. The van der Waals surface area contributed by atoms with E-state index in [-0.39, 0.29) is 28.1 Å². The lowest BCUT2D eigenvalue weighted by Crippen LogP contribution is -2.12. The zero-order valence-corrected chi connectivity index (χ0v) is 18.5. The van der Waals surface area contributed by atoms with E-state index in [0.29, 0.717) is 27.6 Å². The van der Waals surface area contributed by atoms with Gasteiger partial charge in [-0.15, -0.1) is 0 Å². The summed E-state index contributed by atoms with van der Waals surface area (Å²) >= 11 is 6.10. The Morgan fingerprint density at radius 1 is 1.07 bits per heavy atom. The van der Waals surface area contributed by atoms with Crippen molar-refractivity contribution in [2.75, 3.05) is 0 Å². The fraction of sp³-hybridized carbons (Fsp3) is 0.217. The van der Waals surface area contributed by atoms with Crippen molar-refractivity contribution in [2.24, 2.45) is 0 Å². The normalized spacial score (nSPS) is 11.5. The fourth-order valence-corrected chi connectivity index (χ4v) is 4.59. The molecule has 0 radical (unpaired) electrons. The van der Waals surface area contributed by atoms with Crippen molar-refractivity contribution in [1.29, 1.82) is 0 Å². The maximum Gasteiger partial charge on any atom is 0.195 e. The molecule has 0 aliphatic carbocycles. The van der Waals surface area contributed by atoms with Crippen LogP contribution in [0.3, 0.4) is 0 Å². The molecule has 30 heavy (non-hydrogen) atoms. The highest BCUT2D eigenvalue weighted by molar-refractivity contribution is 7.90. The average Bonchev–Trinajstić information content (AvgIpc) is 2.69. The maximum absolute atomic E-state index is 13.1. The van der Waals surface area contributed by atoms with Gasteiger partial charge in [0.05, 0.1) is 16.8 Å². The summed E-state index contributed by atoms with van der Waals surface area (Å²) in [5.74, 6) is -0.0399. The first-order chi connectivity index (χ1) is 14.2. The first-order valence-corrected chi connectivity index (χ1v) is 11.4. The van der Waals surface area contributed by atoms with Gasteiger partial charge in [-0.25, -0.2) is 8.42 Å². The number of sulfone groups is 1. The predicted molar refractivity (Wildman–Crippen MR) is 117 cm³/mol. The van der Waals surface area contributed by atoms with Gasteiger partial charge in [0.2, 0.25) is 0 Å². The average molecular weight is 444 g/mol. The fourth-order valence-electron chi connectivity index (χ4n) is 3.04. The first-order valence-electron chi connectivity index (χ1n) is 9.41. The van der Waals surface area contributed by atoms with Crippen LogP contribution in [-0.4, -0.2) is 25.3 Å². The van der Waals surface area contributed by atoms with Crippen LogP contribution in [-0.2, 0) is 15.6 Å². The maximum atomic E-state index is 13.1. The van der Waals surface area contributed by atoms with E-state index in [1.165, 1.54) is 18.2 Å². The van der Waals surface area contributed by atoms with E-state index in [4.69, 9.17) is 16.3 Å². The van der Waals surface area contributed by atoms with Gasteiger partial charge in [-0.1, -0.05) is 17.7 Å². The van der Waals surface area contributed by atoms with E-state index < -0.39 is 9.84 Å². The van der Waals surface area contributed by atoms with Crippen molar-refractivity contribution in [3.05, 3.63) is 88.2 Å². The summed E-state index contributed by atoms with van der Waals surface area (Å²) in [5.41, 5.74) is 1.61. The van der Waals surface area contributed by atoms with Gasteiger partial charge in [-0.2, -0.15) is 0 Å². The van der Waals surface area contributed by atoms with Crippen LogP contribution in [0, 0.1) is 6.92 Å². The summed E-state index contributed by atoms with van der Waals surface area (Å²) in [4.78, 5) is 17.4. The van der Waals surface area contributed by atoms with E-state index >= 15 is 0 Å². The number of ketones is 1. The Balaban J connectivity index is 1.95. The third-order valence-electron chi connectivity index (χ3n) is 4.47. The minimum Gasteiger partial charge on any atom is -0.491 e. The summed E-state index contributed by atoms with van der Waals surface area (Å²) in [6.07, 6.45) is 1.59. The minimum atomic E-state index is -3.69. The molecule has 156 valence electrons. The van der Waals surface area contributed by atoms with Crippen molar-refractivity contribution in [3.8, 4) is 5.75 Å². The second kappa shape index (κ2) is 8.98. The van der Waals surface area contributed by atoms with Crippen LogP contribution in [0.5, 0.6) is 5.75 Å². The smallest absolute Gasteiger partial charge is 0.195 e. The van der Waals surface area contributed by atoms with E-state index in [9.17, 15) is 13.2 Å². The molecule has 1 aromatic heterocycles. The SMILES string of the molecule is Cc1ncccc1C(=O)c1cc(Cl)ccc1CS(=O)(=O)c1ccc(OC(C)C)cc1. The Hall–Kier alpha value is -2.70. The van der Waals surface area contributed by atoms with E-state index in [1.807, 2.05) is 13.8 Å². The van der Waals surface area contributed by atoms with Crippen molar-refractivity contribution in [2.45, 2.75) is 37.5 Å². The molecule has 1 heterocycles. The molecule has 3 aromatic rings. The van der Waals surface area contributed by atoms with Gasteiger partial charge in [-0.05, 0) is 74.9 Å². The van der Waals surface area contributed by atoms with Crippen molar-refractivity contribution < 1.29 is 17.9 Å². The quantitative estimate of drug-likeness (QED) is 0.478. The molecular weight excluding hydrogens is 422 g/mol. The molecule has 2 aromatic carbocycles. The van der Waals surface area contributed by atoms with Gasteiger partial charge in [0, 0.05) is 28.0 Å². The Kier molecular flexibility index (Phi) is 6.58. The topological polar surface area (TPSA) is 73.3 Å². The van der Waals surface area contributed by atoms with Gasteiger partial charge in [0.25, 0.3) is 0 Å². The van der Waals surface area contributed by atoms with Crippen LogP contribution < -0.4 is 4.74 Å². The van der Waals surface area contributed by atoms with Gasteiger partial charge < -0.3 is 4.74 Å². The highest BCUT2D eigenvalue weighted by atomic mass is 35.5. The van der Waals surface area contributed by atoms with Crippen LogP contribution in [0.4, 0.5) is 0 Å². The number of hydrogen-bond donors (Lipinski definition) is 0. The van der Waals surface area contributed by atoms with Gasteiger partial charge in [0.15, 0.2) is 15.6 Å². The van der Waals surface area contributed by atoms with Crippen molar-refractivity contribution in [3.63, 3.8) is 0 Å². The number of hydrogen-bond acceptors (Lipinski definition) is 5. The number of rotatable bonds is 7. The van der Waals surface area contributed by atoms with Crippen LogP contribution in [0.2, 0.25) is 5.02 Å². The van der Waals surface area contributed by atoms with Gasteiger partial charge in [-0.3, -0.25) is 9.78 Å². The molecular formula is C23H22ClNO4S. The summed E-state index contributed by atoms with van der Waals surface area (Å²) in [6, 6.07) is 14.3. The molecule has 0 bridgehead atoms. The third-order valence-corrected chi connectivity index (χ3v) is 6.38. The monoisotopic (exact) mass is 443 g/mol. The number of ether oxygens (including phenoxy) is 1. The van der Waals surface area contributed by atoms with Crippen molar-refractivity contribution in [1.82, 2.24) is 4.98 Å². The molecule has 0 saturated heterocycles. The van der Waals surface area contributed by atoms with E-state index in [0.717, 1.165) is 0 Å². The first kappa shape index (κ1) is 22.0. The molecule has 7 heteroatoms. The standard InChI is InChI=1S/C23H22ClNO4S/c1-15(2)29-19-8-10-20(11-9-19)30(27,28)14-17-6-7-18(24)13-22(17)23(26)21-5-4-12-25-16(21)3/h4-13,15H,14H2,1-3H3. The predicted octanol–water partition coefficient (Wildman–Crippen LogP) is 5.04. The van der Waals surface area contributed by atoms with Gasteiger partial charge >= 0.3 is 0 Å². The third kappa shape index (κ3) is 5.07. The lowest BCUT2D eigenvalue weighted by molar-refractivity contribution is 0.103. The number of aromatic nitrogens is 1. The Bertz CT molecular complexity index is 1170. The summed E-state index contributed by atoms with van der Waals surface area (Å²) in [5, 5.41) is 0.358. The molecule has 0 aliphatic rings. The Morgan fingerprint density at radius 2 is 1.77 bits per heavy atom. The number of nitrogens with zero attached hydrogens (tertiary/aromatic N) is 1. The summed E-state index contributed by atoms with van der Waals surface area (Å²) in [6.45, 7) is 5.52. The van der Waals surface area contributed by atoms with Crippen LogP contribution in [0.1, 0.15) is 41.0 Å². The highest BCUT2D eigenvalue weighted by Crippen LogP contribution is 2.26. The molecule has 3 rings (SSSR count). The molecule has 0 aliphatic heterocycles. The Labute approximate surface area is 181 Å². The number of aryl methyl sites for hydroxylation is 1. The largest absolute Gasteiger partial charge is 0.491 e. The zero-order valence-electron chi connectivity index (χ0n) is 16.9. The van der Waals surface area contributed by atoms with E-state index in [1.54, 1.807) is 49.5 Å². The molecule has 0 atom stereocenters. The molecule has 0 fully saturated rings. The number of carbonyl (C=O) groups excluding carboxylic acids is 1. The molecule has 0 N–H and O–H groups in total. The van der Waals surface area contributed by atoms with E-state index in [2.05, 4.69) is 4.98 Å². The lowest BCUT2D eigenvalue weighted by atomic mass is 9.98. The summed E-state index contributed by atoms with van der Waals surface area (Å²) in [7, 11) is -3.69. The molecule has 0 amide bonds. The number of halogens is 1. The van der Waals surface area contributed by atoms with Crippen LogP contribution in [0.25, 0.3) is 0 Å².